The van der Waals surface area contributed by atoms with E-state index < -0.39 is 0 Å². The lowest BCUT2D eigenvalue weighted by Gasteiger charge is -2.06. The minimum atomic E-state index is -0.366. The Kier molecular flexibility index (Phi) is 6.00. The fourth-order valence-electron chi connectivity index (χ4n) is 1.77. The Morgan fingerprint density at radius 1 is 1.30 bits per heavy atom. The molecule has 0 spiro atoms. The van der Waals surface area contributed by atoms with Crippen molar-refractivity contribution in [1.29, 1.82) is 0 Å². The first-order chi connectivity index (χ1) is 11.1. The fraction of sp³-hybridized carbons (Fsp3) is 0.176. The molecule has 0 aliphatic heterocycles. The summed E-state index contributed by atoms with van der Waals surface area (Å²) in [5.74, 6) is 0.360. The smallest absolute Gasteiger partial charge is 0.271 e. The van der Waals surface area contributed by atoms with E-state index >= 15 is 0 Å². The SMILES string of the molecule is CCCOc1ccc(/C=N\NC(=O)c2ccc(O)cc2)cc1Cl. The second-order valence-electron chi connectivity index (χ2n) is 4.78. The van der Waals surface area contributed by atoms with Gasteiger partial charge in [-0.25, -0.2) is 5.43 Å². The van der Waals surface area contributed by atoms with E-state index in [0.29, 0.717) is 22.9 Å². The van der Waals surface area contributed by atoms with E-state index in [2.05, 4.69) is 10.5 Å². The van der Waals surface area contributed by atoms with Crippen LogP contribution in [0, 0.1) is 0 Å². The van der Waals surface area contributed by atoms with Gasteiger partial charge in [-0.3, -0.25) is 4.79 Å². The van der Waals surface area contributed by atoms with E-state index in [1.807, 2.05) is 6.92 Å². The third-order valence-corrected chi connectivity index (χ3v) is 3.22. The van der Waals surface area contributed by atoms with Crippen LogP contribution in [0.4, 0.5) is 0 Å². The summed E-state index contributed by atoms with van der Waals surface area (Å²) < 4.78 is 5.48. The highest BCUT2D eigenvalue weighted by atomic mass is 35.5. The van der Waals surface area contributed by atoms with Crippen molar-refractivity contribution in [1.82, 2.24) is 5.43 Å². The maximum Gasteiger partial charge on any atom is 0.271 e. The summed E-state index contributed by atoms with van der Waals surface area (Å²) in [6.45, 7) is 2.63. The van der Waals surface area contributed by atoms with Crippen LogP contribution in [-0.2, 0) is 0 Å². The number of phenols is 1. The zero-order valence-corrected chi connectivity index (χ0v) is 13.4. The molecule has 0 aliphatic rings. The lowest BCUT2D eigenvalue weighted by molar-refractivity contribution is 0.0955. The van der Waals surface area contributed by atoms with Gasteiger partial charge in [-0.2, -0.15) is 5.10 Å². The Morgan fingerprint density at radius 2 is 2.04 bits per heavy atom. The van der Waals surface area contributed by atoms with Crippen molar-refractivity contribution in [3.8, 4) is 11.5 Å². The third-order valence-electron chi connectivity index (χ3n) is 2.93. The van der Waals surface area contributed by atoms with Crippen LogP contribution in [0.1, 0.15) is 29.3 Å². The number of hydrazone groups is 1. The van der Waals surface area contributed by atoms with E-state index in [1.165, 1.54) is 30.5 Å². The molecule has 2 rings (SSSR count). The van der Waals surface area contributed by atoms with Gasteiger partial charge in [0.15, 0.2) is 0 Å². The molecular formula is C17H17ClN2O3. The number of carbonyl (C=O) groups excluding carboxylic acids is 1. The predicted octanol–water partition coefficient (Wildman–Crippen LogP) is 3.60. The van der Waals surface area contributed by atoms with Crippen LogP contribution >= 0.6 is 11.6 Å². The molecule has 120 valence electrons. The minimum absolute atomic E-state index is 0.102. The third kappa shape index (κ3) is 5.00. The highest BCUT2D eigenvalue weighted by Gasteiger charge is 2.04. The molecule has 0 aliphatic carbocycles. The molecule has 2 aromatic carbocycles. The molecule has 23 heavy (non-hydrogen) atoms. The maximum absolute atomic E-state index is 11.8. The molecule has 0 bridgehead atoms. The standard InChI is InChI=1S/C17H17ClN2O3/c1-2-9-23-16-8-3-12(10-15(16)18)11-19-20-17(22)13-4-6-14(21)7-5-13/h3-8,10-11,21H,2,9H2,1H3,(H,20,22)/b19-11-. The molecular weight excluding hydrogens is 316 g/mol. The van der Waals surface area contributed by atoms with Crippen molar-refractivity contribution in [3.05, 3.63) is 58.6 Å². The van der Waals surface area contributed by atoms with E-state index in [0.717, 1.165) is 12.0 Å². The molecule has 2 aromatic rings. The van der Waals surface area contributed by atoms with E-state index in [4.69, 9.17) is 16.3 Å². The van der Waals surface area contributed by atoms with Crippen LogP contribution in [-0.4, -0.2) is 23.8 Å². The molecule has 0 saturated heterocycles. The van der Waals surface area contributed by atoms with Crippen LogP contribution < -0.4 is 10.2 Å². The van der Waals surface area contributed by atoms with Crippen LogP contribution in [0.2, 0.25) is 5.02 Å². The van der Waals surface area contributed by atoms with Gasteiger partial charge in [0, 0.05) is 5.56 Å². The topological polar surface area (TPSA) is 70.9 Å². The molecule has 0 radical (unpaired) electrons. The van der Waals surface area contributed by atoms with Crippen molar-refractivity contribution in [3.63, 3.8) is 0 Å². The summed E-state index contributed by atoms with van der Waals surface area (Å²) in [5, 5.41) is 13.6. The number of amides is 1. The monoisotopic (exact) mass is 332 g/mol. The average molecular weight is 333 g/mol. The lowest BCUT2D eigenvalue weighted by Crippen LogP contribution is -2.17. The number of nitrogens with one attached hydrogen (secondary N) is 1. The number of aromatic hydroxyl groups is 1. The second-order valence-corrected chi connectivity index (χ2v) is 5.19. The van der Waals surface area contributed by atoms with Crippen molar-refractivity contribution in [2.24, 2.45) is 5.10 Å². The van der Waals surface area contributed by atoms with Gasteiger partial charge < -0.3 is 9.84 Å². The molecule has 0 unspecified atom stereocenters. The van der Waals surface area contributed by atoms with Gasteiger partial charge in [0.1, 0.15) is 11.5 Å². The molecule has 1 amide bonds. The Bertz CT molecular complexity index is 699. The van der Waals surface area contributed by atoms with Gasteiger partial charge in [-0.15, -0.1) is 0 Å². The zero-order chi connectivity index (χ0) is 16.7. The Labute approximate surface area is 139 Å². The molecule has 0 saturated carbocycles. The zero-order valence-electron chi connectivity index (χ0n) is 12.6. The fourth-order valence-corrected chi connectivity index (χ4v) is 2.01. The summed E-state index contributed by atoms with van der Waals surface area (Å²) in [6.07, 6.45) is 2.40. The van der Waals surface area contributed by atoms with Gasteiger partial charge in [0.2, 0.25) is 0 Å². The Hall–Kier alpha value is -2.53. The largest absolute Gasteiger partial charge is 0.508 e. The maximum atomic E-state index is 11.8. The quantitative estimate of drug-likeness (QED) is 0.627. The number of rotatable bonds is 6. The van der Waals surface area contributed by atoms with Crippen LogP contribution in [0.15, 0.2) is 47.6 Å². The second kappa shape index (κ2) is 8.19. The first-order valence-corrected chi connectivity index (χ1v) is 7.52. The molecule has 0 heterocycles. The van der Waals surface area contributed by atoms with Crippen molar-refractivity contribution in [2.45, 2.75) is 13.3 Å². The molecule has 0 fully saturated rings. The van der Waals surface area contributed by atoms with Crippen LogP contribution in [0.3, 0.4) is 0 Å². The van der Waals surface area contributed by atoms with Crippen LogP contribution in [0.5, 0.6) is 11.5 Å². The normalized spacial score (nSPS) is 10.7. The summed E-state index contributed by atoms with van der Waals surface area (Å²) in [7, 11) is 0. The Morgan fingerprint density at radius 3 is 2.70 bits per heavy atom. The molecule has 6 heteroatoms. The van der Waals surface area contributed by atoms with Crippen LogP contribution in [0.25, 0.3) is 0 Å². The van der Waals surface area contributed by atoms with Crippen molar-refractivity contribution in [2.75, 3.05) is 6.61 Å². The highest BCUT2D eigenvalue weighted by Crippen LogP contribution is 2.25. The number of benzene rings is 2. The van der Waals surface area contributed by atoms with Gasteiger partial charge in [-0.1, -0.05) is 18.5 Å². The number of ether oxygens (including phenoxy) is 1. The van der Waals surface area contributed by atoms with E-state index in [-0.39, 0.29) is 11.7 Å². The summed E-state index contributed by atoms with van der Waals surface area (Å²) in [6, 6.07) is 11.2. The number of hydrogen-bond acceptors (Lipinski definition) is 4. The number of halogens is 1. The van der Waals surface area contributed by atoms with E-state index in [9.17, 15) is 9.90 Å². The number of carbonyl (C=O) groups is 1. The number of phenolic OH excluding ortho intramolecular Hbond substituents is 1. The first-order valence-electron chi connectivity index (χ1n) is 7.15. The average Bonchev–Trinajstić information content (AvgIpc) is 2.54. The molecule has 2 N–H and O–H groups in total. The minimum Gasteiger partial charge on any atom is -0.508 e. The number of nitrogens with zero attached hydrogens (tertiary/aromatic N) is 1. The summed E-state index contributed by atoms with van der Waals surface area (Å²) >= 11 is 6.12. The van der Waals surface area contributed by atoms with Gasteiger partial charge >= 0.3 is 0 Å². The van der Waals surface area contributed by atoms with Gasteiger partial charge in [0.05, 0.1) is 17.8 Å². The molecule has 0 atom stereocenters. The predicted molar refractivity (Wildman–Crippen MR) is 90.4 cm³/mol. The van der Waals surface area contributed by atoms with E-state index in [1.54, 1.807) is 18.2 Å². The summed E-state index contributed by atoms with van der Waals surface area (Å²) in [4.78, 5) is 11.8. The van der Waals surface area contributed by atoms with Gasteiger partial charge in [-0.05, 0) is 54.4 Å². The lowest BCUT2D eigenvalue weighted by atomic mass is 10.2. The number of hydrogen-bond donors (Lipinski definition) is 2. The Balaban J connectivity index is 1.96. The van der Waals surface area contributed by atoms with Crippen molar-refractivity contribution >= 4 is 23.7 Å². The van der Waals surface area contributed by atoms with Crippen molar-refractivity contribution < 1.29 is 14.6 Å². The first kappa shape index (κ1) is 16.8. The summed E-state index contributed by atoms with van der Waals surface area (Å²) in [5.41, 5.74) is 3.55. The highest BCUT2D eigenvalue weighted by molar-refractivity contribution is 6.32. The molecule has 5 nitrogen and oxygen atoms in total. The van der Waals surface area contributed by atoms with Gasteiger partial charge in [0.25, 0.3) is 5.91 Å². The molecule has 0 aromatic heterocycles.